The van der Waals surface area contributed by atoms with E-state index in [1.165, 1.54) is 0 Å². The van der Waals surface area contributed by atoms with E-state index in [1.54, 1.807) is 12.4 Å². The van der Waals surface area contributed by atoms with Gasteiger partial charge < -0.3 is 0 Å². The van der Waals surface area contributed by atoms with Crippen molar-refractivity contribution in [3.63, 3.8) is 0 Å². The van der Waals surface area contributed by atoms with Crippen molar-refractivity contribution in [2.45, 2.75) is 6.92 Å². The summed E-state index contributed by atoms with van der Waals surface area (Å²) in [5, 5.41) is 0.417. The number of benzene rings is 1. The Morgan fingerprint density at radius 2 is 1.88 bits per heavy atom. The minimum absolute atomic E-state index is 0.160. The van der Waals surface area contributed by atoms with E-state index in [2.05, 4.69) is 25.4 Å². The third-order valence-electron chi connectivity index (χ3n) is 4.13. The van der Waals surface area contributed by atoms with Gasteiger partial charge in [0, 0.05) is 23.5 Å². The standard InChI is InChI=1S/C19H16N6O/c1-11-4-6-12(7-5-11)14-9-15(13-3-2-8-21-10-13)22-17-16(14)18(26)24-19(23-17)25-20/h2-10H,20H2,1H3,(H2,22,23,24,25,26). The number of aromatic amines is 1. The number of hydrogen-bond acceptors (Lipinski definition) is 6. The highest BCUT2D eigenvalue weighted by Gasteiger charge is 2.14. The Balaban J connectivity index is 2.07. The molecule has 0 spiro atoms. The highest BCUT2D eigenvalue weighted by molar-refractivity contribution is 5.94. The molecule has 128 valence electrons. The number of nitrogens with two attached hydrogens (primary N) is 1. The van der Waals surface area contributed by atoms with Crippen molar-refractivity contribution in [3.05, 3.63) is 70.8 Å². The zero-order valence-electron chi connectivity index (χ0n) is 14.0. The fourth-order valence-corrected chi connectivity index (χ4v) is 2.83. The summed E-state index contributed by atoms with van der Waals surface area (Å²) in [7, 11) is 0. The molecule has 26 heavy (non-hydrogen) atoms. The van der Waals surface area contributed by atoms with Gasteiger partial charge in [-0.3, -0.25) is 20.2 Å². The lowest BCUT2D eigenvalue weighted by molar-refractivity contribution is 1.10. The first-order chi connectivity index (χ1) is 12.7. The summed E-state index contributed by atoms with van der Waals surface area (Å²) < 4.78 is 0. The van der Waals surface area contributed by atoms with Crippen LogP contribution in [0.15, 0.2) is 59.7 Å². The van der Waals surface area contributed by atoms with E-state index < -0.39 is 0 Å². The summed E-state index contributed by atoms with van der Waals surface area (Å²) in [5.41, 5.74) is 6.71. The molecule has 0 amide bonds. The maximum atomic E-state index is 12.6. The molecule has 4 aromatic rings. The van der Waals surface area contributed by atoms with Crippen LogP contribution in [0.2, 0.25) is 0 Å². The van der Waals surface area contributed by atoms with Gasteiger partial charge in [-0.1, -0.05) is 29.8 Å². The van der Waals surface area contributed by atoms with Gasteiger partial charge in [0.2, 0.25) is 5.95 Å². The molecule has 0 aliphatic heterocycles. The largest absolute Gasteiger partial charge is 0.294 e. The third-order valence-corrected chi connectivity index (χ3v) is 4.13. The number of H-pyrrole nitrogens is 1. The number of hydrogen-bond donors (Lipinski definition) is 3. The first kappa shape index (κ1) is 15.9. The van der Waals surface area contributed by atoms with Crippen LogP contribution >= 0.6 is 0 Å². The third kappa shape index (κ3) is 2.80. The molecule has 1 aromatic carbocycles. The van der Waals surface area contributed by atoms with E-state index in [1.807, 2.05) is 49.4 Å². The number of aryl methyl sites for hydroxylation is 1. The highest BCUT2D eigenvalue weighted by Crippen LogP contribution is 2.29. The van der Waals surface area contributed by atoms with Gasteiger partial charge >= 0.3 is 0 Å². The Labute approximate surface area is 148 Å². The van der Waals surface area contributed by atoms with Crippen LogP contribution in [-0.4, -0.2) is 19.9 Å². The second-order valence-corrected chi connectivity index (χ2v) is 5.92. The number of fused-ring (bicyclic) bond motifs is 1. The van der Waals surface area contributed by atoms with Crippen LogP contribution < -0.4 is 16.8 Å². The minimum Gasteiger partial charge on any atom is -0.294 e. The Bertz CT molecular complexity index is 1140. The molecule has 7 heteroatoms. The number of nitrogens with zero attached hydrogens (tertiary/aromatic N) is 3. The van der Waals surface area contributed by atoms with Gasteiger partial charge in [0.05, 0.1) is 11.1 Å². The first-order valence-electron chi connectivity index (χ1n) is 8.05. The molecule has 0 bridgehead atoms. The van der Waals surface area contributed by atoms with E-state index in [0.717, 1.165) is 22.3 Å². The summed E-state index contributed by atoms with van der Waals surface area (Å²) >= 11 is 0. The summed E-state index contributed by atoms with van der Waals surface area (Å²) in [4.78, 5) is 28.3. The molecule has 0 radical (unpaired) electrons. The topological polar surface area (TPSA) is 110 Å². The number of anilines is 1. The van der Waals surface area contributed by atoms with Gasteiger partial charge in [0.15, 0.2) is 5.65 Å². The van der Waals surface area contributed by atoms with E-state index in [9.17, 15) is 4.79 Å². The van der Waals surface area contributed by atoms with Crippen LogP contribution in [-0.2, 0) is 0 Å². The molecule has 4 N–H and O–H groups in total. The van der Waals surface area contributed by atoms with Crippen LogP contribution in [0.1, 0.15) is 5.56 Å². The molecule has 4 rings (SSSR count). The van der Waals surface area contributed by atoms with Crippen molar-refractivity contribution in [2.24, 2.45) is 5.84 Å². The van der Waals surface area contributed by atoms with Crippen molar-refractivity contribution in [1.82, 2.24) is 19.9 Å². The van der Waals surface area contributed by atoms with Crippen molar-refractivity contribution in [1.29, 1.82) is 0 Å². The van der Waals surface area contributed by atoms with Crippen LogP contribution in [0, 0.1) is 6.92 Å². The van der Waals surface area contributed by atoms with E-state index in [4.69, 9.17) is 5.84 Å². The van der Waals surface area contributed by atoms with Crippen molar-refractivity contribution >= 4 is 17.0 Å². The van der Waals surface area contributed by atoms with Crippen LogP contribution in [0.5, 0.6) is 0 Å². The molecule has 0 saturated heterocycles. The Hall–Kier alpha value is -3.58. The maximum Gasteiger partial charge on any atom is 0.262 e. The predicted molar refractivity (Wildman–Crippen MR) is 101 cm³/mol. The van der Waals surface area contributed by atoms with Gasteiger partial charge in [-0.05, 0) is 30.7 Å². The lowest BCUT2D eigenvalue weighted by Crippen LogP contribution is -2.18. The predicted octanol–water partition coefficient (Wildman–Crippen LogP) is 2.64. The second-order valence-electron chi connectivity index (χ2n) is 5.92. The van der Waals surface area contributed by atoms with Gasteiger partial charge in [-0.2, -0.15) is 4.98 Å². The summed E-state index contributed by atoms with van der Waals surface area (Å²) in [6.45, 7) is 2.02. The second kappa shape index (κ2) is 6.38. The highest BCUT2D eigenvalue weighted by atomic mass is 16.1. The summed E-state index contributed by atoms with van der Waals surface area (Å²) in [6.07, 6.45) is 3.42. The van der Waals surface area contributed by atoms with Crippen molar-refractivity contribution in [3.8, 4) is 22.4 Å². The zero-order valence-corrected chi connectivity index (χ0v) is 14.0. The number of aromatic nitrogens is 4. The van der Waals surface area contributed by atoms with Crippen LogP contribution in [0.3, 0.4) is 0 Å². The fraction of sp³-hybridized carbons (Fsp3) is 0.0526. The zero-order chi connectivity index (χ0) is 18.1. The molecular weight excluding hydrogens is 328 g/mol. The minimum atomic E-state index is -0.302. The smallest absolute Gasteiger partial charge is 0.262 e. The van der Waals surface area contributed by atoms with Gasteiger partial charge in [0.25, 0.3) is 5.56 Å². The Morgan fingerprint density at radius 1 is 1.08 bits per heavy atom. The van der Waals surface area contributed by atoms with Gasteiger partial charge in [-0.15, -0.1) is 0 Å². The summed E-state index contributed by atoms with van der Waals surface area (Å²) in [6, 6.07) is 13.6. The number of nitrogen functional groups attached to an aromatic ring is 1. The van der Waals surface area contributed by atoms with Crippen molar-refractivity contribution < 1.29 is 0 Å². The number of rotatable bonds is 3. The van der Waals surface area contributed by atoms with Gasteiger partial charge in [-0.25, -0.2) is 10.8 Å². The summed E-state index contributed by atoms with van der Waals surface area (Å²) in [5.74, 6) is 5.56. The molecule has 0 atom stereocenters. The molecule has 0 saturated carbocycles. The van der Waals surface area contributed by atoms with Crippen LogP contribution in [0.4, 0.5) is 5.95 Å². The molecule has 3 heterocycles. The number of pyridine rings is 2. The Morgan fingerprint density at radius 3 is 2.58 bits per heavy atom. The molecule has 0 fully saturated rings. The molecule has 0 unspecified atom stereocenters. The SMILES string of the molecule is Cc1ccc(-c2cc(-c3cccnc3)nc3nc(NN)[nH]c(=O)c23)cc1. The first-order valence-corrected chi connectivity index (χ1v) is 8.05. The number of nitrogens with one attached hydrogen (secondary N) is 2. The quantitative estimate of drug-likeness (QED) is 0.389. The van der Waals surface area contributed by atoms with Gasteiger partial charge in [0.1, 0.15) is 0 Å². The van der Waals surface area contributed by atoms with E-state index >= 15 is 0 Å². The lowest BCUT2D eigenvalue weighted by Gasteiger charge is -2.10. The normalized spacial score (nSPS) is 10.8. The van der Waals surface area contributed by atoms with Crippen molar-refractivity contribution in [2.75, 3.05) is 5.43 Å². The number of hydrazine groups is 1. The van der Waals surface area contributed by atoms with Crippen LogP contribution in [0.25, 0.3) is 33.4 Å². The monoisotopic (exact) mass is 344 g/mol. The molecule has 0 aliphatic carbocycles. The molecular formula is C19H16N6O. The maximum absolute atomic E-state index is 12.6. The molecule has 3 aromatic heterocycles. The fourth-order valence-electron chi connectivity index (χ4n) is 2.83. The average Bonchev–Trinajstić information content (AvgIpc) is 2.68. The lowest BCUT2D eigenvalue weighted by atomic mass is 10.00. The average molecular weight is 344 g/mol. The molecule has 0 aliphatic rings. The van der Waals surface area contributed by atoms with E-state index in [-0.39, 0.29) is 11.5 Å². The Kier molecular flexibility index (Phi) is 3.91. The van der Waals surface area contributed by atoms with E-state index in [0.29, 0.717) is 16.7 Å². The molecule has 7 nitrogen and oxygen atoms in total.